The number of aliphatic imine (C=N–C) groups is 1. The van der Waals surface area contributed by atoms with Crippen molar-refractivity contribution < 1.29 is 4.79 Å². The maximum atomic E-state index is 11.9. The van der Waals surface area contributed by atoms with Gasteiger partial charge in [-0.3, -0.25) is 10.1 Å². The Morgan fingerprint density at radius 1 is 1.53 bits per heavy atom. The minimum absolute atomic E-state index is 0.0708. The summed E-state index contributed by atoms with van der Waals surface area (Å²) in [5.74, 6) is -0.0708. The van der Waals surface area contributed by atoms with Crippen molar-refractivity contribution in [2.24, 2.45) is 4.99 Å². The number of hydrogen-bond donors (Lipinski definition) is 2. The zero-order chi connectivity index (χ0) is 13.7. The highest BCUT2D eigenvalue weighted by molar-refractivity contribution is 8.13. The van der Waals surface area contributed by atoms with Crippen LogP contribution < -0.4 is 10.6 Å². The number of hydrogen-bond acceptors (Lipinski definition) is 4. The molecule has 0 saturated heterocycles. The largest absolute Gasteiger partial charge is 0.349 e. The number of carbonyl (C=O) groups excluding carboxylic acids is 1. The summed E-state index contributed by atoms with van der Waals surface area (Å²) in [6.07, 6.45) is 5.78. The molecular weight excluding hydrogens is 260 g/mol. The predicted molar refractivity (Wildman–Crippen MR) is 76.3 cm³/mol. The number of nitriles is 1. The van der Waals surface area contributed by atoms with Gasteiger partial charge >= 0.3 is 0 Å². The van der Waals surface area contributed by atoms with Gasteiger partial charge in [-0.25, -0.2) is 4.99 Å². The van der Waals surface area contributed by atoms with Gasteiger partial charge in [-0.1, -0.05) is 17.8 Å². The lowest BCUT2D eigenvalue weighted by Gasteiger charge is -2.04. The molecule has 19 heavy (non-hydrogen) atoms. The summed E-state index contributed by atoms with van der Waals surface area (Å²) in [5.41, 5.74) is 1.24. The second-order valence-electron chi connectivity index (χ2n) is 4.16. The van der Waals surface area contributed by atoms with E-state index in [1.54, 1.807) is 24.3 Å². The Hall–Kier alpha value is -2.00. The standard InChI is InChI=1S/C13H14N4OS/c1-19-13(15-8-14)17-11-4-2-3-9(7-11)12(18)16-10-5-6-10/h2-4,7,10H,5-6H2,1H3,(H,15,17)(H,16,18). The smallest absolute Gasteiger partial charge is 0.251 e. The average Bonchev–Trinajstić information content (AvgIpc) is 3.22. The van der Waals surface area contributed by atoms with Crippen LogP contribution in [0.15, 0.2) is 29.3 Å². The van der Waals surface area contributed by atoms with Crippen molar-refractivity contribution in [1.82, 2.24) is 10.6 Å². The monoisotopic (exact) mass is 274 g/mol. The number of nitrogens with zero attached hydrogens (tertiary/aromatic N) is 2. The molecule has 1 amide bonds. The molecule has 1 fully saturated rings. The van der Waals surface area contributed by atoms with E-state index in [0.717, 1.165) is 12.8 Å². The molecule has 1 aliphatic carbocycles. The van der Waals surface area contributed by atoms with Crippen LogP contribution in [0, 0.1) is 11.5 Å². The SMILES string of the molecule is CSC(=Nc1cccc(C(=O)NC2CC2)c1)NC#N. The summed E-state index contributed by atoms with van der Waals surface area (Å²) in [6.45, 7) is 0. The van der Waals surface area contributed by atoms with Crippen LogP contribution >= 0.6 is 11.8 Å². The first-order valence-electron chi connectivity index (χ1n) is 5.91. The Morgan fingerprint density at radius 2 is 2.32 bits per heavy atom. The fraction of sp³-hybridized carbons (Fsp3) is 0.308. The molecule has 0 unspecified atom stereocenters. The summed E-state index contributed by atoms with van der Waals surface area (Å²) in [7, 11) is 0. The molecule has 1 aromatic rings. The Bertz CT molecular complexity index is 546. The normalized spacial score (nSPS) is 14.6. The average molecular weight is 274 g/mol. The molecule has 5 nitrogen and oxygen atoms in total. The Labute approximate surface area is 116 Å². The molecule has 0 atom stereocenters. The van der Waals surface area contributed by atoms with Gasteiger partial charge < -0.3 is 5.32 Å². The third-order valence-corrected chi connectivity index (χ3v) is 3.19. The molecule has 0 aliphatic heterocycles. The van der Waals surface area contributed by atoms with Crippen LogP contribution in [0.1, 0.15) is 23.2 Å². The van der Waals surface area contributed by atoms with Crippen LogP contribution in [0.2, 0.25) is 0 Å². The van der Waals surface area contributed by atoms with E-state index in [4.69, 9.17) is 5.26 Å². The number of amides is 1. The molecule has 0 radical (unpaired) electrons. The lowest BCUT2D eigenvalue weighted by atomic mass is 10.2. The first-order valence-corrected chi connectivity index (χ1v) is 7.14. The van der Waals surface area contributed by atoms with Gasteiger partial charge in [-0.05, 0) is 37.3 Å². The molecule has 0 spiro atoms. The van der Waals surface area contributed by atoms with E-state index in [-0.39, 0.29) is 5.91 Å². The van der Waals surface area contributed by atoms with Gasteiger partial charge in [-0.15, -0.1) is 0 Å². The Kier molecular flexibility index (Phi) is 4.42. The minimum atomic E-state index is -0.0708. The quantitative estimate of drug-likeness (QED) is 0.382. The number of thioether (sulfide) groups is 1. The highest BCUT2D eigenvalue weighted by atomic mass is 32.2. The maximum absolute atomic E-state index is 11.9. The van der Waals surface area contributed by atoms with Crippen LogP contribution in [0.5, 0.6) is 0 Å². The van der Waals surface area contributed by atoms with Crippen LogP contribution in [-0.4, -0.2) is 23.4 Å². The van der Waals surface area contributed by atoms with Crippen LogP contribution in [0.4, 0.5) is 5.69 Å². The van der Waals surface area contributed by atoms with Crippen molar-refractivity contribution in [3.8, 4) is 6.19 Å². The van der Waals surface area contributed by atoms with Gasteiger partial charge in [0.25, 0.3) is 5.91 Å². The van der Waals surface area contributed by atoms with Gasteiger partial charge in [0.05, 0.1) is 5.69 Å². The molecule has 98 valence electrons. The van der Waals surface area contributed by atoms with E-state index in [9.17, 15) is 4.79 Å². The third-order valence-electron chi connectivity index (χ3n) is 2.61. The van der Waals surface area contributed by atoms with Gasteiger partial charge in [0.1, 0.15) is 0 Å². The molecule has 2 N–H and O–H groups in total. The van der Waals surface area contributed by atoms with E-state index in [1.807, 2.05) is 12.4 Å². The number of amidine groups is 1. The second kappa shape index (κ2) is 6.25. The predicted octanol–water partition coefficient (Wildman–Crippen LogP) is 2.00. The highest BCUT2D eigenvalue weighted by Crippen LogP contribution is 2.20. The molecule has 0 heterocycles. The van der Waals surface area contributed by atoms with Crippen molar-refractivity contribution in [2.45, 2.75) is 18.9 Å². The molecule has 0 aromatic heterocycles. The van der Waals surface area contributed by atoms with Gasteiger partial charge in [0.2, 0.25) is 0 Å². The van der Waals surface area contributed by atoms with E-state index >= 15 is 0 Å². The van der Waals surface area contributed by atoms with Crippen molar-refractivity contribution >= 4 is 28.5 Å². The van der Waals surface area contributed by atoms with Crippen LogP contribution in [-0.2, 0) is 0 Å². The van der Waals surface area contributed by atoms with Crippen molar-refractivity contribution in [3.05, 3.63) is 29.8 Å². The number of rotatable bonds is 3. The topological polar surface area (TPSA) is 77.3 Å². The summed E-state index contributed by atoms with van der Waals surface area (Å²) in [5, 5.41) is 14.5. The molecule has 1 saturated carbocycles. The van der Waals surface area contributed by atoms with Crippen molar-refractivity contribution in [1.29, 1.82) is 5.26 Å². The maximum Gasteiger partial charge on any atom is 0.251 e. The fourth-order valence-corrected chi connectivity index (χ4v) is 1.85. The van der Waals surface area contributed by atoms with Gasteiger partial charge in [0, 0.05) is 11.6 Å². The van der Waals surface area contributed by atoms with Gasteiger partial charge in [-0.2, -0.15) is 5.26 Å². The molecule has 1 aromatic carbocycles. The first kappa shape index (κ1) is 13.4. The lowest BCUT2D eigenvalue weighted by Crippen LogP contribution is -2.25. The molecular formula is C13H14N4OS. The Balaban J connectivity index is 2.13. The zero-order valence-electron chi connectivity index (χ0n) is 10.5. The minimum Gasteiger partial charge on any atom is -0.349 e. The van der Waals surface area contributed by atoms with Crippen molar-refractivity contribution in [3.63, 3.8) is 0 Å². The molecule has 1 aliphatic rings. The molecule has 0 bridgehead atoms. The Morgan fingerprint density at radius 3 is 2.95 bits per heavy atom. The molecule has 6 heteroatoms. The van der Waals surface area contributed by atoms with Gasteiger partial charge in [0.15, 0.2) is 11.4 Å². The summed E-state index contributed by atoms with van der Waals surface area (Å²) in [6, 6.07) is 7.38. The van der Waals surface area contributed by atoms with Crippen molar-refractivity contribution in [2.75, 3.05) is 6.26 Å². The van der Waals surface area contributed by atoms with Crippen LogP contribution in [0.3, 0.4) is 0 Å². The van der Waals surface area contributed by atoms with Crippen LogP contribution in [0.25, 0.3) is 0 Å². The zero-order valence-corrected chi connectivity index (χ0v) is 11.3. The summed E-state index contributed by atoms with van der Waals surface area (Å²) in [4.78, 5) is 16.2. The summed E-state index contributed by atoms with van der Waals surface area (Å²) >= 11 is 1.34. The van der Waals surface area contributed by atoms with E-state index < -0.39 is 0 Å². The van der Waals surface area contributed by atoms with E-state index in [0.29, 0.717) is 22.5 Å². The first-order chi connectivity index (χ1) is 9.22. The number of nitrogens with one attached hydrogen (secondary N) is 2. The second-order valence-corrected chi connectivity index (χ2v) is 4.95. The van der Waals surface area contributed by atoms with E-state index in [2.05, 4.69) is 15.6 Å². The van der Waals surface area contributed by atoms with E-state index in [1.165, 1.54) is 11.8 Å². The fourth-order valence-electron chi connectivity index (χ4n) is 1.50. The number of carbonyl (C=O) groups is 1. The lowest BCUT2D eigenvalue weighted by molar-refractivity contribution is 0.0951. The highest BCUT2D eigenvalue weighted by Gasteiger charge is 2.23. The number of benzene rings is 1. The molecule has 2 rings (SSSR count). The third kappa shape index (κ3) is 4.00. The summed E-state index contributed by atoms with van der Waals surface area (Å²) < 4.78 is 0.